The first-order chi connectivity index (χ1) is 35.6. The van der Waals surface area contributed by atoms with Crippen molar-refractivity contribution in [2.45, 2.75) is 290 Å². The minimum Gasteiger partial charge on any atom is -0.462 e. The highest BCUT2D eigenvalue weighted by molar-refractivity contribution is 5.70. The zero-order valence-corrected chi connectivity index (χ0v) is 47.2. The van der Waals surface area contributed by atoms with Crippen LogP contribution in [0.1, 0.15) is 284 Å². The molecule has 0 aromatic carbocycles. The van der Waals surface area contributed by atoms with Crippen LogP contribution in [0.2, 0.25) is 0 Å². The van der Waals surface area contributed by atoms with E-state index in [0.717, 1.165) is 96.3 Å². The number of aliphatic hydroxyl groups excluding tert-OH is 1. The summed E-state index contributed by atoms with van der Waals surface area (Å²) in [4.78, 5) is 24.6. The second-order valence-electron chi connectivity index (χ2n) is 20.0. The summed E-state index contributed by atoms with van der Waals surface area (Å²) in [6, 6.07) is 0. The second kappa shape index (κ2) is 61.9. The molecule has 412 valence electrons. The van der Waals surface area contributed by atoms with Gasteiger partial charge < -0.3 is 14.6 Å². The molecule has 0 saturated heterocycles. The molecule has 1 atom stereocenters. The molecule has 0 aliphatic carbocycles. The Hall–Kier alpha value is -3.44. The van der Waals surface area contributed by atoms with E-state index in [1.54, 1.807) is 0 Å². The summed E-state index contributed by atoms with van der Waals surface area (Å²) in [5, 5.41) is 9.67. The molecule has 0 bridgehead atoms. The Morgan fingerprint density at radius 1 is 0.333 bits per heavy atom. The maximum atomic E-state index is 12.3. The van der Waals surface area contributed by atoms with Crippen molar-refractivity contribution in [1.82, 2.24) is 0 Å². The fourth-order valence-corrected chi connectivity index (χ4v) is 8.51. The van der Waals surface area contributed by atoms with Gasteiger partial charge in [-0.05, 0) is 103 Å². The molecule has 0 spiro atoms. The van der Waals surface area contributed by atoms with Crippen LogP contribution in [-0.2, 0) is 19.1 Å². The van der Waals surface area contributed by atoms with Gasteiger partial charge in [-0.1, -0.05) is 277 Å². The third-order valence-corrected chi connectivity index (χ3v) is 13.1. The number of ether oxygens (including phenoxy) is 2. The summed E-state index contributed by atoms with van der Waals surface area (Å²) in [6.07, 6.45) is 89.3. The van der Waals surface area contributed by atoms with Crippen molar-refractivity contribution in [2.75, 3.05) is 13.2 Å². The van der Waals surface area contributed by atoms with Crippen molar-refractivity contribution in [1.29, 1.82) is 0 Å². The average Bonchev–Trinajstić information content (AvgIpc) is 3.38. The van der Waals surface area contributed by atoms with Gasteiger partial charge in [0.25, 0.3) is 0 Å². The standard InChI is InChI=1S/C67H114O5/c1-3-5-7-9-11-13-15-17-19-21-23-25-27-29-31-33-35-37-39-41-43-45-47-49-51-53-55-57-59-61-66(69)71-64-65(63-68)72-67(70)62-60-58-56-54-52-50-48-46-44-42-40-38-36-34-32-30-28-26-24-22-20-18-16-14-12-10-8-6-4-2/h6,8,12,14-15,17-18,20-21,23-24,26,30,32,36,38,42,44,65,68H,3-5,7,9-11,13,16,19,22,25,27-29,31,33-35,37,39-41,43,45-64H2,1-2H3/b8-6-,14-12-,17-15-,20-18-,23-21-,26-24-,32-30-,38-36-,44-42-. The number of unbranched alkanes of at least 4 members (excludes halogenated alkanes) is 29. The van der Waals surface area contributed by atoms with Crippen LogP contribution in [0.5, 0.6) is 0 Å². The molecule has 0 rings (SSSR count). The average molecular weight is 1000 g/mol. The summed E-state index contributed by atoms with van der Waals surface area (Å²) < 4.78 is 10.7. The smallest absolute Gasteiger partial charge is 0.306 e. The lowest BCUT2D eigenvalue weighted by atomic mass is 10.0. The second-order valence-corrected chi connectivity index (χ2v) is 20.0. The zero-order valence-electron chi connectivity index (χ0n) is 47.2. The number of carbonyl (C=O) groups is 2. The third kappa shape index (κ3) is 59.1. The van der Waals surface area contributed by atoms with E-state index < -0.39 is 6.10 Å². The molecule has 1 unspecified atom stereocenters. The van der Waals surface area contributed by atoms with E-state index >= 15 is 0 Å². The van der Waals surface area contributed by atoms with Crippen LogP contribution >= 0.6 is 0 Å². The lowest BCUT2D eigenvalue weighted by Crippen LogP contribution is -2.28. The van der Waals surface area contributed by atoms with Crippen molar-refractivity contribution >= 4 is 11.9 Å². The molecule has 0 heterocycles. The quantitative estimate of drug-likeness (QED) is 0.0373. The number of hydrogen-bond acceptors (Lipinski definition) is 5. The van der Waals surface area contributed by atoms with Gasteiger partial charge in [-0.25, -0.2) is 0 Å². The van der Waals surface area contributed by atoms with E-state index in [4.69, 9.17) is 9.47 Å². The minimum absolute atomic E-state index is 0.0743. The van der Waals surface area contributed by atoms with Gasteiger partial charge in [-0.3, -0.25) is 9.59 Å². The molecule has 5 nitrogen and oxygen atoms in total. The maximum absolute atomic E-state index is 12.3. The molecule has 1 N–H and O–H groups in total. The monoisotopic (exact) mass is 999 g/mol. The molecular weight excluding hydrogens is 885 g/mol. The Balaban J connectivity index is 3.53. The van der Waals surface area contributed by atoms with E-state index in [2.05, 4.69) is 123 Å². The maximum Gasteiger partial charge on any atom is 0.306 e. The van der Waals surface area contributed by atoms with Gasteiger partial charge in [0.05, 0.1) is 6.61 Å². The van der Waals surface area contributed by atoms with E-state index in [1.165, 1.54) is 161 Å². The molecule has 0 radical (unpaired) electrons. The van der Waals surface area contributed by atoms with Gasteiger partial charge in [-0.2, -0.15) is 0 Å². The van der Waals surface area contributed by atoms with Gasteiger partial charge in [0.1, 0.15) is 6.61 Å². The number of aliphatic hydroxyl groups is 1. The van der Waals surface area contributed by atoms with Gasteiger partial charge in [0.15, 0.2) is 6.10 Å². The van der Waals surface area contributed by atoms with Crippen LogP contribution in [-0.4, -0.2) is 36.4 Å². The van der Waals surface area contributed by atoms with Gasteiger partial charge >= 0.3 is 11.9 Å². The summed E-state index contributed by atoms with van der Waals surface area (Å²) in [7, 11) is 0. The first-order valence-corrected chi connectivity index (χ1v) is 30.4. The Morgan fingerprint density at radius 3 is 0.903 bits per heavy atom. The lowest BCUT2D eigenvalue weighted by molar-refractivity contribution is -0.161. The number of carbonyl (C=O) groups excluding carboxylic acids is 2. The molecule has 72 heavy (non-hydrogen) atoms. The highest BCUT2D eigenvalue weighted by atomic mass is 16.6. The Kier molecular flexibility index (Phi) is 58.9. The zero-order chi connectivity index (χ0) is 52.0. The van der Waals surface area contributed by atoms with Crippen molar-refractivity contribution in [3.05, 3.63) is 109 Å². The first kappa shape index (κ1) is 68.6. The van der Waals surface area contributed by atoms with Gasteiger partial charge in [0, 0.05) is 12.8 Å². The van der Waals surface area contributed by atoms with Crippen LogP contribution in [0.25, 0.3) is 0 Å². The van der Waals surface area contributed by atoms with E-state index in [0.29, 0.717) is 12.8 Å². The molecule has 0 amide bonds. The van der Waals surface area contributed by atoms with Crippen LogP contribution in [0.4, 0.5) is 0 Å². The summed E-state index contributed by atoms with van der Waals surface area (Å²) in [5.41, 5.74) is 0. The SMILES string of the molecule is CC/C=C\C/C=C\C/C=C\C/C=C\C/C=C\C/C=C\C/C=C\CCCCCCCCCC(=O)OC(CO)COC(=O)CCCCCCCCCCCCCCCCCCC/C=C\C/C=C\CCCCCCC. The van der Waals surface area contributed by atoms with Crippen molar-refractivity contribution in [2.24, 2.45) is 0 Å². The first-order valence-electron chi connectivity index (χ1n) is 30.4. The van der Waals surface area contributed by atoms with Crippen molar-refractivity contribution < 1.29 is 24.2 Å². The number of allylic oxidation sites excluding steroid dienone is 18. The predicted octanol–water partition coefficient (Wildman–Crippen LogP) is 20.9. The van der Waals surface area contributed by atoms with Gasteiger partial charge in [0.2, 0.25) is 0 Å². The molecule has 0 aromatic heterocycles. The summed E-state index contributed by atoms with van der Waals surface area (Å²) in [6.45, 7) is 4.03. The molecule has 0 saturated carbocycles. The van der Waals surface area contributed by atoms with Crippen LogP contribution in [0.3, 0.4) is 0 Å². The normalized spacial score (nSPS) is 13.0. The van der Waals surface area contributed by atoms with E-state index in [9.17, 15) is 14.7 Å². The molecule has 0 aliphatic rings. The van der Waals surface area contributed by atoms with Gasteiger partial charge in [-0.15, -0.1) is 0 Å². The minimum atomic E-state index is -0.786. The van der Waals surface area contributed by atoms with Crippen LogP contribution in [0, 0.1) is 0 Å². The van der Waals surface area contributed by atoms with Crippen molar-refractivity contribution in [3.63, 3.8) is 0 Å². The Morgan fingerprint density at radius 2 is 0.597 bits per heavy atom. The number of hydrogen-bond donors (Lipinski definition) is 1. The highest BCUT2D eigenvalue weighted by Crippen LogP contribution is 2.16. The molecular formula is C67H114O5. The highest BCUT2D eigenvalue weighted by Gasteiger charge is 2.16. The predicted molar refractivity (Wildman–Crippen MR) is 315 cm³/mol. The lowest BCUT2D eigenvalue weighted by Gasteiger charge is -2.15. The fourth-order valence-electron chi connectivity index (χ4n) is 8.51. The molecule has 5 heteroatoms. The summed E-state index contributed by atoms with van der Waals surface area (Å²) >= 11 is 0. The Labute approximate surface area is 446 Å². The summed E-state index contributed by atoms with van der Waals surface area (Å²) in [5.74, 6) is -0.601. The molecule has 0 fully saturated rings. The fraction of sp³-hybridized carbons (Fsp3) is 0.701. The molecule has 0 aromatic rings. The number of rotatable bonds is 55. The van der Waals surface area contributed by atoms with E-state index in [-0.39, 0.29) is 25.2 Å². The topological polar surface area (TPSA) is 72.8 Å². The molecule has 0 aliphatic heterocycles. The Bertz CT molecular complexity index is 1410. The van der Waals surface area contributed by atoms with Crippen LogP contribution < -0.4 is 0 Å². The van der Waals surface area contributed by atoms with E-state index in [1.807, 2.05) is 0 Å². The third-order valence-electron chi connectivity index (χ3n) is 13.1. The largest absolute Gasteiger partial charge is 0.462 e. The van der Waals surface area contributed by atoms with Crippen molar-refractivity contribution in [3.8, 4) is 0 Å². The van der Waals surface area contributed by atoms with Crippen LogP contribution in [0.15, 0.2) is 109 Å². The number of esters is 2.